The number of nitro groups is 1. The van der Waals surface area contributed by atoms with Gasteiger partial charge < -0.3 is 5.32 Å². The molecule has 0 spiro atoms. The molecule has 0 heterocycles. The van der Waals surface area contributed by atoms with Crippen molar-refractivity contribution in [2.75, 3.05) is 12.4 Å². The first kappa shape index (κ1) is 13.4. The van der Waals surface area contributed by atoms with Gasteiger partial charge in [0.05, 0.1) is 9.82 Å². The molecule has 0 atom stereocenters. The van der Waals surface area contributed by atoms with E-state index in [0.717, 1.165) is 11.3 Å². The van der Waals surface area contributed by atoms with Crippen molar-refractivity contribution in [2.45, 2.75) is 10.6 Å². The molecule has 0 saturated heterocycles. The van der Waals surface area contributed by atoms with Crippen molar-refractivity contribution in [2.24, 2.45) is 0 Å². The number of anilines is 1. The van der Waals surface area contributed by atoms with Gasteiger partial charge in [0.1, 0.15) is 5.69 Å². The van der Waals surface area contributed by atoms with E-state index in [9.17, 15) is 10.1 Å². The lowest BCUT2D eigenvalue weighted by atomic mass is 10.2. The maximum Gasteiger partial charge on any atom is 0.305 e. The molecule has 19 heavy (non-hydrogen) atoms. The molecular formula is C14H14N2O2S. The fourth-order valence-electron chi connectivity index (χ4n) is 1.76. The molecule has 0 aliphatic heterocycles. The number of hydrogen-bond acceptors (Lipinski definition) is 4. The summed E-state index contributed by atoms with van der Waals surface area (Å²) in [4.78, 5) is 11.5. The molecule has 0 aromatic heterocycles. The number of nitro benzene ring substituents is 1. The summed E-state index contributed by atoms with van der Waals surface area (Å²) in [6.07, 6.45) is 0. The Balaban J connectivity index is 2.23. The Labute approximate surface area is 116 Å². The first-order valence-corrected chi connectivity index (χ1v) is 6.83. The first-order valence-electron chi connectivity index (χ1n) is 5.84. The van der Waals surface area contributed by atoms with Crippen molar-refractivity contribution in [1.82, 2.24) is 0 Å². The summed E-state index contributed by atoms with van der Waals surface area (Å²) in [5, 5.41) is 14.0. The minimum absolute atomic E-state index is 0.144. The van der Waals surface area contributed by atoms with Crippen LogP contribution in [0.15, 0.2) is 53.4 Å². The third-order valence-electron chi connectivity index (χ3n) is 2.69. The van der Waals surface area contributed by atoms with Crippen LogP contribution in [0.5, 0.6) is 0 Å². The van der Waals surface area contributed by atoms with Crippen molar-refractivity contribution in [3.8, 4) is 0 Å². The highest BCUT2D eigenvalue weighted by Crippen LogP contribution is 2.36. The molecule has 0 radical (unpaired) electrons. The van der Waals surface area contributed by atoms with Crippen LogP contribution >= 0.6 is 11.8 Å². The largest absolute Gasteiger partial charge is 0.383 e. The minimum atomic E-state index is -0.334. The molecule has 2 rings (SSSR count). The van der Waals surface area contributed by atoms with Crippen LogP contribution in [0.2, 0.25) is 0 Å². The molecule has 0 unspecified atom stereocenters. The van der Waals surface area contributed by atoms with E-state index < -0.39 is 0 Å². The van der Waals surface area contributed by atoms with Gasteiger partial charge in [-0.1, -0.05) is 36.4 Å². The number of rotatable bonds is 5. The van der Waals surface area contributed by atoms with E-state index >= 15 is 0 Å². The van der Waals surface area contributed by atoms with Crippen molar-refractivity contribution in [1.29, 1.82) is 0 Å². The molecule has 5 heteroatoms. The molecule has 0 fully saturated rings. The van der Waals surface area contributed by atoms with E-state index in [-0.39, 0.29) is 10.6 Å². The Bertz CT molecular complexity index is 573. The molecule has 4 nitrogen and oxygen atoms in total. The van der Waals surface area contributed by atoms with Crippen molar-refractivity contribution in [3.63, 3.8) is 0 Å². The van der Waals surface area contributed by atoms with Crippen molar-refractivity contribution in [3.05, 3.63) is 64.2 Å². The van der Waals surface area contributed by atoms with Gasteiger partial charge in [-0.25, -0.2) is 0 Å². The quantitative estimate of drug-likeness (QED) is 0.510. The third-order valence-corrected chi connectivity index (χ3v) is 3.81. The number of para-hydroxylation sites is 1. The number of nitrogens with zero attached hydrogens (tertiary/aromatic N) is 1. The lowest BCUT2D eigenvalue weighted by molar-refractivity contribution is -0.386. The molecule has 0 amide bonds. The molecule has 0 aliphatic carbocycles. The molecule has 1 N–H and O–H groups in total. The van der Waals surface area contributed by atoms with Gasteiger partial charge in [-0.2, -0.15) is 0 Å². The Morgan fingerprint density at radius 2 is 1.89 bits per heavy atom. The average Bonchev–Trinajstić information content (AvgIpc) is 2.45. The van der Waals surface area contributed by atoms with E-state index in [4.69, 9.17) is 0 Å². The summed E-state index contributed by atoms with van der Waals surface area (Å²) in [5.74, 6) is 0.717. The summed E-state index contributed by atoms with van der Waals surface area (Å²) >= 11 is 1.48. The topological polar surface area (TPSA) is 55.2 Å². The highest BCUT2D eigenvalue weighted by Gasteiger charge is 2.18. The Kier molecular flexibility index (Phi) is 4.41. The monoisotopic (exact) mass is 274 g/mol. The second-order valence-electron chi connectivity index (χ2n) is 3.93. The van der Waals surface area contributed by atoms with E-state index in [1.807, 2.05) is 36.4 Å². The van der Waals surface area contributed by atoms with Crippen molar-refractivity contribution < 1.29 is 4.92 Å². The zero-order chi connectivity index (χ0) is 13.7. The van der Waals surface area contributed by atoms with Crippen LogP contribution in [0, 0.1) is 10.1 Å². The average molecular weight is 274 g/mol. The van der Waals surface area contributed by atoms with Gasteiger partial charge in [-0.15, -0.1) is 11.8 Å². The summed E-state index contributed by atoms with van der Waals surface area (Å²) in [7, 11) is 1.69. The smallest absolute Gasteiger partial charge is 0.305 e. The van der Waals surface area contributed by atoms with Crippen LogP contribution in [0.1, 0.15) is 5.56 Å². The lowest BCUT2D eigenvalue weighted by Crippen LogP contribution is -1.98. The van der Waals surface area contributed by atoms with Crippen LogP contribution < -0.4 is 5.32 Å². The van der Waals surface area contributed by atoms with Crippen LogP contribution in [-0.2, 0) is 5.75 Å². The van der Waals surface area contributed by atoms with Crippen LogP contribution in [0.3, 0.4) is 0 Å². The van der Waals surface area contributed by atoms with Gasteiger partial charge >= 0.3 is 5.69 Å². The second-order valence-corrected chi connectivity index (χ2v) is 4.95. The normalized spacial score (nSPS) is 10.2. The van der Waals surface area contributed by atoms with Crippen LogP contribution in [0.4, 0.5) is 11.4 Å². The lowest BCUT2D eigenvalue weighted by Gasteiger charge is -2.07. The van der Waals surface area contributed by atoms with E-state index in [1.165, 1.54) is 11.8 Å². The zero-order valence-corrected chi connectivity index (χ0v) is 11.3. The SMILES string of the molecule is CNc1cccc(SCc2ccccc2)c1[N+](=O)[O-]. The maximum absolute atomic E-state index is 11.2. The number of hydrogen-bond donors (Lipinski definition) is 1. The summed E-state index contributed by atoms with van der Waals surface area (Å²) in [6.45, 7) is 0. The van der Waals surface area contributed by atoms with E-state index in [1.54, 1.807) is 19.2 Å². The third kappa shape index (κ3) is 3.26. The molecular weight excluding hydrogens is 260 g/mol. The van der Waals surface area contributed by atoms with Crippen LogP contribution in [0.25, 0.3) is 0 Å². The molecule has 0 bridgehead atoms. The van der Waals surface area contributed by atoms with Crippen molar-refractivity contribution >= 4 is 23.1 Å². The fraction of sp³-hybridized carbons (Fsp3) is 0.143. The highest BCUT2D eigenvalue weighted by atomic mass is 32.2. The summed E-state index contributed by atoms with van der Waals surface area (Å²) in [6, 6.07) is 15.2. The van der Waals surface area contributed by atoms with E-state index in [0.29, 0.717) is 10.6 Å². The van der Waals surface area contributed by atoms with Gasteiger partial charge in [0.15, 0.2) is 0 Å². The molecule has 2 aromatic carbocycles. The van der Waals surface area contributed by atoms with Gasteiger partial charge in [-0.3, -0.25) is 10.1 Å². The summed E-state index contributed by atoms with van der Waals surface area (Å²) < 4.78 is 0. The number of benzene rings is 2. The minimum Gasteiger partial charge on any atom is -0.383 e. The molecule has 2 aromatic rings. The number of thioether (sulfide) groups is 1. The predicted molar refractivity (Wildman–Crippen MR) is 78.6 cm³/mol. The predicted octanol–water partition coefficient (Wildman–Crippen LogP) is 3.93. The van der Waals surface area contributed by atoms with Gasteiger partial charge in [0.25, 0.3) is 0 Å². The van der Waals surface area contributed by atoms with Gasteiger partial charge in [-0.05, 0) is 17.7 Å². The Morgan fingerprint density at radius 1 is 1.16 bits per heavy atom. The Morgan fingerprint density at radius 3 is 2.53 bits per heavy atom. The zero-order valence-electron chi connectivity index (χ0n) is 10.5. The van der Waals surface area contributed by atoms with Gasteiger partial charge in [0, 0.05) is 12.8 Å². The standard InChI is InChI=1S/C14H14N2O2S/c1-15-12-8-5-9-13(14(12)16(17)18)19-10-11-6-3-2-4-7-11/h2-9,15H,10H2,1H3. The van der Waals surface area contributed by atoms with E-state index in [2.05, 4.69) is 5.32 Å². The van der Waals surface area contributed by atoms with Gasteiger partial charge in [0.2, 0.25) is 0 Å². The summed E-state index contributed by atoms with van der Waals surface area (Å²) in [5.41, 5.74) is 1.84. The molecule has 0 saturated carbocycles. The number of nitrogens with one attached hydrogen (secondary N) is 1. The molecule has 98 valence electrons. The first-order chi connectivity index (χ1) is 9.22. The second kappa shape index (κ2) is 6.24. The highest BCUT2D eigenvalue weighted by molar-refractivity contribution is 7.98. The van der Waals surface area contributed by atoms with Crippen LogP contribution in [-0.4, -0.2) is 12.0 Å². The fourth-order valence-corrected chi connectivity index (χ4v) is 2.77. The maximum atomic E-state index is 11.2. The molecule has 0 aliphatic rings. The Hall–Kier alpha value is -2.01.